The summed E-state index contributed by atoms with van der Waals surface area (Å²) in [6.45, 7) is 14.2. The fourth-order valence-corrected chi connectivity index (χ4v) is 13.6. The van der Waals surface area contributed by atoms with Crippen molar-refractivity contribution in [3.05, 3.63) is 0 Å². The van der Waals surface area contributed by atoms with E-state index in [1.165, 1.54) is 199 Å². The maximum absolute atomic E-state index is 13.1. The molecule has 0 aromatic heterocycles. The Labute approximate surface area is 600 Å². The lowest BCUT2D eigenvalue weighted by Crippen LogP contribution is -2.30. The van der Waals surface area contributed by atoms with Crippen LogP contribution in [0.2, 0.25) is 0 Å². The molecule has 0 heterocycles. The standard InChI is InChI=1S/C79H154O17P2/c1-9-72(8)58-50-42-37-38-44-52-60-77(82)90-66-75(95-78(83)61-53-45-35-28-24-20-16-12-14-18-22-26-32-40-48-56-70(4)5)68-94-98(87,88)92-64-73(80)63-91-97(85,86)93-67-74(96-79(84)62-54-46-36-30-29-33-41-49-57-71(6)7)65-89-76(81)59-51-43-34-27-23-19-15-11-10-13-17-21-25-31-39-47-55-69(2)3/h69-75,80H,9-68H2,1-8H3,(H,85,86)(H,87,88)/t72?,73-,74-,75-/m1/s1. The second-order valence-corrected chi connectivity index (χ2v) is 33.0. The minimum absolute atomic E-state index is 0.104. The number of unbranched alkanes of at least 4 members (excludes halogenated alkanes) is 41. The van der Waals surface area contributed by atoms with Crippen molar-refractivity contribution in [1.29, 1.82) is 0 Å². The summed E-state index contributed by atoms with van der Waals surface area (Å²) in [5, 5.41) is 10.6. The van der Waals surface area contributed by atoms with Crippen molar-refractivity contribution < 1.29 is 80.2 Å². The third kappa shape index (κ3) is 71.1. The van der Waals surface area contributed by atoms with Crippen LogP contribution in [0.25, 0.3) is 0 Å². The molecule has 0 spiro atoms. The third-order valence-electron chi connectivity index (χ3n) is 18.7. The molecule has 19 heteroatoms. The Morgan fingerprint density at radius 3 is 0.724 bits per heavy atom. The van der Waals surface area contributed by atoms with Crippen molar-refractivity contribution in [2.45, 2.75) is 420 Å². The Balaban J connectivity index is 5.18. The molecule has 0 bridgehead atoms. The largest absolute Gasteiger partial charge is 0.472 e. The highest BCUT2D eigenvalue weighted by Gasteiger charge is 2.30. The molecule has 0 amide bonds. The van der Waals surface area contributed by atoms with Gasteiger partial charge in [-0.15, -0.1) is 0 Å². The molecular formula is C79H154O17P2. The van der Waals surface area contributed by atoms with Gasteiger partial charge in [-0.1, -0.05) is 351 Å². The molecule has 3 N–H and O–H groups in total. The first-order chi connectivity index (χ1) is 47.1. The third-order valence-corrected chi connectivity index (χ3v) is 20.6. The molecule has 0 radical (unpaired) electrons. The fourth-order valence-electron chi connectivity index (χ4n) is 12.0. The van der Waals surface area contributed by atoms with Gasteiger partial charge in [0.2, 0.25) is 0 Å². The SMILES string of the molecule is CCC(C)CCCCCCCCC(=O)OC[C@H](COP(=O)(O)OC[C@H](O)COP(=O)(O)OC[C@@H](COC(=O)CCCCCCCCCCCCCCCCCCC(C)C)OC(=O)CCCCCCCCCCC(C)C)OC(=O)CCCCCCCCCCCCCCCCCC(C)C. The van der Waals surface area contributed by atoms with Crippen molar-refractivity contribution >= 4 is 39.5 Å². The quantitative estimate of drug-likeness (QED) is 0.0222. The number of esters is 4. The topological polar surface area (TPSA) is 237 Å². The van der Waals surface area contributed by atoms with E-state index >= 15 is 0 Å². The monoisotopic (exact) mass is 1440 g/mol. The van der Waals surface area contributed by atoms with E-state index in [-0.39, 0.29) is 25.7 Å². The van der Waals surface area contributed by atoms with Crippen LogP contribution >= 0.6 is 15.6 Å². The first-order valence-corrected chi connectivity index (χ1v) is 43.7. The summed E-state index contributed by atoms with van der Waals surface area (Å²) in [4.78, 5) is 72.9. The van der Waals surface area contributed by atoms with Crippen LogP contribution in [0.1, 0.15) is 402 Å². The predicted octanol–water partition coefficient (Wildman–Crippen LogP) is 23.2. The zero-order valence-corrected chi connectivity index (χ0v) is 66.2. The molecule has 0 aromatic rings. The maximum Gasteiger partial charge on any atom is 0.472 e. The van der Waals surface area contributed by atoms with E-state index in [0.29, 0.717) is 25.7 Å². The van der Waals surface area contributed by atoms with Gasteiger partial charge in [0.15, 0.2) is 12.2 Å². The molecule has 0 aliphatic rings. The zero-order valence-electron chi connectivity index (χ0n) is 64.4. The smallest absolute Gasteiger partial charge is 0.462 e. The number of phosphoric ester groups is 2. The van der Waals surface area contributed by atoms with Gasteiger partial charge in [-0.05, 0) is 49.4 Å². The lowest BCUT2D eigenvalue weighted by Gasteiger charge is -2.21. The van der Waals surface area contributed by atoms with Gasteiger partial charge in [0.1, 0.15) is 19.3 Å². The highest BCUT2D eigenvalue weighted by molar-refractivity contribution is 7.47. The van der Waals surface area contributed by atoms with Crippen molar-refractivity contribution in [1.82, 2.24) is 0 Å². The van der Waals surface area contributed by atoms with E-state index in [9.17, 15) is 43.2 Å². The Kier molecular flexibility index (Phi) is 66.8. The predicted molar refractivity (Wildman–Crippen MR) is 400 cm³/mol. The number of ether oxygens (including phenoxy) is 4. The van der Waals surface area contributed by atoms with E-state index in [1.807, 2.05) is 0 Å². The van der Waals surface area contributed by atoms with Gasteiger partial charge < -0.3 is 33.8 Å². The molecular weight excluding hydrogens is 1280 g/mol. The van der Waals surface area contributed by atoms with Crippen LogP contribution < -0.4 is 0 Å². The van der Waals surface area contributed by atoms with Gasteiger partial charge in [-0.25, -0.2) is 9.13 Å². The number of aliphatic hydroxyl groups excluding tert-OH is 1. The molecule has 582 valence electrons. The van der Waals surface area contributed by atoms with Gasteiger partial charge in [-0.2, -0.15) is 0 Å². The second kappa shape index (κ2) is 68.2. The molecule has 0 aliphatic carbocycles. The van der Waals surface area contributed by atoms with E-state index < -0.39 is 97.5 Å². The summed E-state index contributed by atoms with van der Waals surface area (Å²) in [5.41, 5.74) is 0. The Morgan fingerprint density at radius 2 is 0.490 bits per heavy atom. The lowest BCUT2D eigenvalue weighted by atomic mass is 10.00. The normalized spacial score (nSPS) is 14.3. The van der Waals surface area contributed by atoms with E-state index in [2.05, 4.69) is 55.4 Å². The number of carbonyl (C=O) groups is 4. The average Bonchev–Trinajstić information content (AvgIpc) is 0.930. The molecule has 0 saturated heterocycles. The van der Waals surface area contributed by atoms with Gasteiger partial charge in [0, 0.05) is 25.7 Å². The van der Waals surface area contributed by atoms with Gasteiger partial charge in [-0.3, -0.25) is 37.3 Å². The number of hydrogen-bond acceptors (Lipinski definition) is 15. The summed E-state index contributed by atoms with van der Waals surface area (Å²) < 4.78 is 68.6. The molecule has 0 fully saturated rings. The van der Waals surface area contributed by atoms with Crippen molar-refractivity contribution in [2.75, 3.05) is 39.6 Å². The fraction of sp³-hybridized carbons (Fsp3) is 0.949. The summed E-state index contributed by atoms with van der Waals surface area (Å²) in [6.07, 6.45) is 54.3. The van der Waals surface area contributed by atoms with E-state index in [1.54, 1.807) is 0 Å². The van der Waals surface area contributed by atoms with E-state index in [0.717, 1.165) is 120 Å². The number of rotatable bonds is 76. The van der Waals surface area contributed by atoms with Crippen LogP contribution in [0.15, 0.2) is 0 Å². The highest BCUT2D eigenvalue weighted by atomic mass is 31.2. The van der Waals surface area contributed by atoms with E-state index in [4.69, 9.17) is 37.0 Å². The van der Waals surface area contributed by atoms with Crippen LogP contribution in [0.4, 0.5) is 0 Å². The van der Waals surface area contributed by atoms with Crippen molar-refractivity contribution in [3.8, 4) is 0 Å². The molecule has 17 nitrogen and oxygen atoms in total. The van der Waals surface area contributed by atoms with Crippen LogP contribution in [-0.4, -0.2) is 96.7 Å². The number of phosphoric acid groups is 2. The van der Waals surface area contributed by atoms with Crippen LogP contribution in [0.5, 0.6) is 0 Å². The Hall–Kier alpha value is -1.94. The zero-order chi connectivity index (χ0) is 72.4. The second-order valence-electron chi connectivity index (χ2n) is 30.1. The van der Waals surface area contributed by atoms with Gasteiger partial charge in [0.25, 0.3) is 0 Å². The van der Waals surface area contributed by atoms with Crippen LogP contribution in [0.3, 0.4) is 0 Å². The van der Waals surface area contributed by atoms with Gasteiger partial charge in [0.05, 0.1) is 26.4 Å². The van der Waals surface area contributed by atoms with Crippen molar-refractivity contribution in [3.63, 3.8) is 0 Å². The van der Waals surface area contributed by atoms with Crippen LogP contribution in [-0.2, 0) is 65.4 Å². The number of hydrogen-bond donors (Lipinski definition) is 3. The summed E-state index contributed by atoms with van der Waals surface area (Å²) in [5.74, 6) is 0.945. The maximum atomic E-state index is 13.1. The van der Waals surface area contributed by atoms with Crippen molar-refractivity contribution in [2.24, 2.45) is 23.7 Å². The Morgan fingerprint density at radius 1 is 0.286 bits per heavy atom. The minimum atomic E-state index is -4.96. The van der Waals surface area contributed by atoms with Crippen LogP contribution in [0, 0.1) is 23.7 Å². The molecule has 0 rings (SSSR count). The first-order valence-electron chi connectivity index (χ1n) is 40.7. The summed E-state index contributed by atoms with van der Waals surface area (Å²) in [6, 6.07) is 0. The molecule has 0 aromatic carbocycles. The number of aliphatic hydroxyl groups is 1. The molecule has 6 atom stereocenters. The summed E-state index contributed by atoms with van der Waals surface area (Å²) >= 11 is 0. The molecule has 0 aliphatic heterocycles. The highest BCUT2D eigenvalue weighted by Crippen LogP contribution is 2.45. The molecule has 98 heavy (non-hydrogen) atoms. The molecule has 0 saturated carbocycles. The molecule has 3 unspecified atom stereocenters. The Bertz CT molecular complexity index is 1920. The lowest BCUT2D eigenvalue weighted by molar-refractivity contribution is -0.161. The van der Waals surface area contributed by atoms with Gasteiger partial charge >= 0.3 is 39.5 Å². The summed E-state index contributed by atoms with van der Waals surface area (Å²) in [7, 11) is -9.92. The minimum Gasteiger partial charge on any atom is -0.462 e. The first kappa shape index (κ1) is 96.1. The number of carbonyl (C=O) groups excluding carboxylic acids is 4. The average molecular weight is 1440 g/mol.